The van der Waals surface area contributed by atoms with Crippen molar-refractivity contribution in [3.05, 3.63) is 54.9 Å². The smallest absolute Gasteiger partial charge is 0.225 e. The van der Waals surface area contributed by atoms with Crippen LogP contribution in [0.3, 0.4) is 0 Å². The summed E-state index contributed by atoms with van der Waals surface area (Å²) in [5.74, 6) is 0.500. The molecule has 0 unspecified atom stereocenters. The van der Waals surface area contributed by atoms with E-state index in [1.165, 1.54) is 0 Å². The number of nitrogens with zero attached hydrogens (tertiary/aromatic N) is 2. The molecule has 3 rings (SSSR count). The van der Waals surface area contributed by atoms with Gasteiger partial charge in [0.25, 0.3) is 0 Å². The molecule has 5 heteroatoms. The quantitative estimate of drug-likeness (QED) is 0.769. The first-order valence-corrected chi connectivity index (χ1v) is 7.13. The highest BCUT2D eigenvalue weighted by molar-refractivity contribution is 5.92. The van der Waals surface area contributed by atoms with Gasteiger partial charge >= 0.3 is 0 Å². The number of nitrogens with one attached hydrogen (secondary N) is 2. The number of amides is 1. The molecule has 3 aromatic rings. The molecule has 0 saturated carbocycles. The number of pyridine rings is 2. The number of carbonyl (C=O) groups is 1. The molecule has 22 heavy (non-hydrogen) atoms. The molecule has 0 saturated heterocycles. The fourth-order valence-electron chi connectivity index (χ4n) is 2.13. The molecule has 0 spiro atoms. The number of aromatic nitrogens is 2. The van der Waals surface area contributed by atoms with E-state index in [1.54, 1.807) is 25.4 Å². The van der Waals surface area contributed by atoms with Crippen LogP contribution in [0.1, 0.15) is 13.3 Å². The summed E-state index contributed by atoms with van der Waals surface area (Å²) >= 11 is 0. The minimum Gasteiger partial charge on any atom is -0.352 e. The molecule has 0 radical (unpaired) electrons. The number of benzene rings is 1. The number of carbonyl (C=O) groups excluding carboxylic acids is 1. The van der Waals surface area contributed by atoms with Crippen molar-refractivity contribution in [3.63, 3.8) is 0 Å². The van der Waals surface area contributed by atoms with E-state index in [1.807, 2.05) is 36.4 Å². The zero-order valence-corrected chi connectivity index (χ0v) is 12.2. The van der Waals surface area contributed by atoms with Crippen LogP contribution < -0.4 is 10.6 Å². The van der Waals surface area contributed by atoms with Gasteiger partial charge in [0.1, 0.15) is 5.82 Å². The molecule has 0 aliphatic rings. The van der Waals surface area contributed by atoms with Crippen molar-refractivity contribution in [1.29, 1.82) is 0 Å². The second-order valence-electron chi connectivity index (χ2n) is 4.84. The average molecular weight is 292 g/mol. The van der Waals surface area contributed by atoms with E-state index >= 15 is 0 Å². The van der Waals surface area contributed by atoms with Gasteiger partial charge in [-0.25, -0.2) is 4.98 Å². The van der Waals surface area contributed by atoms with Gasteiger partial charge in [-0.3, -0.25) is 9.78 Å². The predicted molar refractivity (Wildman–Crippen MR) is 88.2 cm³/mol. The van der Waals surface area contributed by atoms with Crippen LogP contribution in [0, 0.1) is 0 Å². The van der Waals surface area contributed by atoms with Crippen molar-refractivity contribution in [1.82, 2.24) is 9.97 Å². The lowest BCUT2D eigenvalue weighted by Gasteiger charge is -2.09. The topological polar surface area (TPSA) is 66.9 Å². The predicted octanol–water partition coefficient (Wildman–Crippen LogP) is 3.72. The Morgan fingerprint density at radius 2 is 1.95 bits per heavy atom. The Hall–Kier alpha value is -2.95. The Morgan fingerprint density at radius 1 is 1.09 bits per heavy atom. The van der Waals surface area contributed by atoms with Crippen molar-refractivity contribution >= 4 is 34.0 Å². The Bertz CT molecular complexity index is 794. The third-order valence-electron chi connectivity index (χ3n) is 3.26. The van der Waals surface area contributed by atoms with Crippen LogP contribution in [-0.4, -0.2) is 15.9 Å². The summed E-state index contributed by atoms with van der Waals surface area (Å²) in [7, 11) is 0. The van der Waals surface area contributed by atoms with E-state index in [0.717, 1.165) is 22.3 Å². The molecule has 2 N–H and O–H groups in total. The van der Waals surface area contributed by atoms with Gasteiger partial charge in [-0.1, -0.05) is 25.1 Å². The van der Waals surface area contributed by atoms with Gasteiger partial charge in [0.15, 0.2) is 0 Å². The normalized spacial score (nSPS) is 10.4. The van der Waals surface area contributed by atoms with Gasteiger partial charge < -0.3 is 10.6 Å². The Balaban J connectivity index is 1.82. The zero-order valence-electron chi connectivity index (χ0n) is 12.2. The summed E-state index contributed by atoms with van der Waals surface area (Å²) in [5.41, 5.74) is 2.67. The molecule has 1 amide bonds. The first-order chi connectivity index (χ1) is 10.8. The lowest BCUT2D eigenvalue weighted by molar-refractivity contribution is -0.115. The van der Waals surface area contributed by atoms with Crippen LogP contribution in [0.2, 0.25) is 0 Å². The van der Waals surface area contributed by atoms with E-state index in [0.29, 0.717) is 12.2 Å². The van der Waals surface area contributed by atoms with Crippen LogP contribution in [-0.2, 0) is 4.79 Å². The molecule has 0 atom stereocenters. The fourth-order valence-corrected chi connectivity index (χ4v) is 2.13. The van der Waals surface area contributed by atoms with Crippen LogP contribution in [0.25, 0.3) is 10.9 Å². The second kappa shape index (κ2) is 6.22. The lowest BCUT2D eigenvalue weighted by Crippen LogP contribution is -2.10. The van der Waals surface area contributed by atoms with Gasteiger partial charge in [0, 0.05) is 18.0 Å². The number of anilines is 3. The number of fused-ring (bicyclic) bond motifs is 1. The number of rotatable bonds is 4. The van der Waals surface area contributed by atoms with E-state index < -0.39 is 0 Å². The van der Waals surface area contributed by atoms with E-state index in [4.69, 9.17) is 0 Å². The molecule has 5 nitrogen and oxygen atoms in total. The average Bonchev–Trinajstić information content (AvgIpc) is 2.57. The van der Waals surface area contributed by atoms with Crippen molar-refractivity contribution in [2.75, 3.05) is 10.6 Å². The summed E-state index contributed by atoms with van der Waals surface area (Å²) in [4.78, 5) is 20.0. The maximum absolute atomic E-state index is 11.3. The Labute approximate surface area is 128 Å². The third kappa shape index (κ3) is 3.03. The summed E-state index contributed by atoms with van der Waals surface area (Å²) in [6.45, 7) is 1.80. The highest BCUT2D eigenvalue weighted by atomic mass is 16.1. The monoisotopic (exact) mass is 292 g/mol. The van der Waals surface area contributed by atoms with Crippen LogP contribution in [0.5, 0.6) is 0 Å². The van der Waals surface area contributed by atoms with E-state index in [9.17, 15) is 4.79 Å². The highest BCUT2D eigenvalue weighted by Gasteiger charge is 2.03. The maximum atomic E-state index is 11.3. The molecule has 2 heterocycles. The van der Waals surface area contributed by atoms with Gasteiger partial charge in [-0.05, 0) is 24.3 Å². The minimum absolute atomic E-state index is 0.0496. The van der Waals surface area contributed by atoms with E-state index in [2.05, 4.69) is 20.6 Å². The largest absolute Gasteiger partial charge is 0.352 e. The Kier molecular flexibility index (Phi) is 3.96. The number of hydrogen-bond acceptors (Lipinski definition) is 4. The van der Waals surface area contributed by atoms with Crippen LogP contribution >= 0.6 is 0 Å². The molecule has 0 aliphatic carbocycles. The van der Waals surface area contributed by atoms with Gasteiger partial charge in [0.2, 0.25) is 5.91 Å². The maximum Gasteiger partial charge on any atom is 0.225 e. The highest BCUT2D eigenvalue weighted by Crippen LogP contribution is 2.24. The minimum atomic E-state index is -0.0496. The van der Waals surface area contributed by atoms with Gasteiger partial charge in [0.05, 0.1) is 23.1 Å². The van der Waals surface area contributed by atoms with Crippen molar-refractivity contribution in [2.45, 2.75) is 13.3 Å². The van der Waals surface area contributed by atoms with E-state index in [-0.39, 0.29) is 5.91 Å². The lowest BCUT2D eigenvalue weighted by atomic mass is 10.2. The number of hydrogen-bond donors (Lipinski definition) is 2. The SMILES string of the molecule is CCC(=O)Nc1ccc(Nc2cccc3cccnc23)cn1. The molecular formula is C17H16N4O. The second-order valence-corrected chi connectivity index (χ2v) is 4.84. The standard InChI is InChI=1S/C17H16N4O/c1-2-16(22)21-15-9-8-13(11-19-15)20-14-7-3-5-12-6-4-10-18-17(12)14/h3-11,20H,2H2,1H3,(H,19,21,22). The molecule has 1 aromatic carbocycles. The molecule has 2 aromatic heterocycles. The summed E-state index contributed by atoms with van der Waals surface area (Å²) < 4.78 is 0. The molecule has 0 aliphatic heterocycles. The molecule has 110 valence electrons. The van der Waals surface area contributed by atoms with Gasteiger partial charge in [-0.2, -0.15) is 0 Å². The fraction of sp³-hybridized carbons (Fsp3) is 0.118. The van der Waals surface area contributed by atoms with Crippen molar-refractivity contribution in [2.24, 2.45) is 0 Å². The van der Waals surface area contributed by atoms with Crippen molar-refractivity contribution in [3.8, 4) is 0 Å². The van der Waals surface area contributed by atoms with Crippen molar-refractivity contribution < 1.29 is 4.79 Å². The first-order valence-electron chi connectivity index (χ1n) is 7.13. The summed E-state index contributed by atoms with van der Waals surface area (Å²) in [5, 5.41) is 7.10. The molecule has 0 fully saturated rings. The molecule has 0 bridgehead atoms. The Morgan fingerprint density at radius 3 is 2.73 bits per heavy atom. The summed E-state index contributed by atoms with van der Waals surface area (Å²) in [6, 6.07) is 13.6. The van der Waals surface area contributed by atoms with Crippen LogP contribution in [0.15, 0.2) is 54.9 Å². The van der Waals surface area contributed by atoms with Gasteiger partial charge in [-0.15, -0.1) is 0 Å². The third-order valence-corrected chi connectivity index (χ3v) is 3.26. The zero-order chi connectivity index (χ0) is 15.4. The molecular weight excluding hydrogens is 276 g/mol. The number of para-hydroxylation sites is 1. The first kappa shape index (κ1) is 14.0. The van der Waals surface area contributed by atoms with Crippen LogP contribution in [0.4, 0.5) is 17.2 Å². The summed E-state index contributed by atoms with van der Waals surface area (Å²) in [6.07, 6.45) is 3.89.